The van der Waals surface area contributed by atoms with Crippen molar-refractivity contribution in [1.82, 2.24) is 5.32 Å². The Morgan fingerprint density at radius 2 is 1.94 bits per heavy atom. The third-order valence-electron chi connectivity index (χ3n) is 2.66. The molecule has 0 radical (unpaired) electrons. The molecule has 1 amide bonds. The third kappa shape index (κ3) is 4.75. The average Bonchev–Trinajstić information content (AvgIpc) is 2.39. The Kier molecular flexibility index (Phi) is 6.22. The van der Waals surface area contributed by atoms with E-state index < -0.39 is 0 Å². The zero-order valence-electron chi connectivity index (χ0n) is 11.2. The Balaban J connectivity index is 2.51. The summed E-state index contributed by atoms with van der Waals surface area (Å²) in [6.07, 6.45) is 0.921. The molecule has 0 bridgehead atoms. The summed E-state index contributed by atoms with van der Waals surface area (Å²) in [5.41, 5.74) is 0.648. The quantitative estimate of drug-likeness (QED) is 0.756. The van der Waals surface area contributed by atoms with Crippen molar-refractivity contribution in [3.63, 3.8) is 0 Å². The fourth-order valence-corrected chi connectivity index (χ4v) is 1.35. The summed E-state index contributed by atoms with van der Waals surface area (Å²) in [5, 5.41) is 2.92. The van der Waals surface area contributed by atoms with Gasteiger partial charge in [0.1, 0.15) is 12.4 Å². The predicted molar refractivity (Wildman–Crippen MR) is 71.0 cm³/mol. The smallest absolute Gasteiger partial charge is 0.251 e. The molecule has 0 saturated heterocycles. The van der Waals surface area contributed by atoms with Crippen molar-refractivity contribution in [2.24, 2.45) is 0 Å². The number of nitrogens with one attached hydrogen (secondary N) is 1. The number of methoxy groups -OCH3 is 1. The van der Waals surface area contributed by atoms with E-state index in [2.05, 4.69) is 5.32 Å². The fourth-order valence-electron chi connectivity index (χ4n) is 1.35. The van der Waals surface area contributed by atoms with Gasteiger partial charge in [-0.2, -0.15) is 0 Å². The summed E-state index contributed by atoms with van der Waals surface area (Å²) < 4.78 is 10.3. The molecule has 0 aliphatic heterocycles. The van der Waals surface area contributed by atoms with Crippen molar-refractivity contribution in [3.8, 4) is 5.75 Å². The van der Waals surface area contributed by atoms with Gasteiger partial charge in [-0.25, -0.2) is 0 Å². The van der Waals surface area contributed by atoms with Gasteiger partial charge in [-0.05, 0) is 37.6 Å². The van der Waals surface area contributed by atoms with Crippen LogP contribution in [-0.2, 0) is 4.74 Å². The maximum atomic E-state index is 11.8. The van der Waals surface area contributed by atoms with Crippen molar-refractivity contribution in [1.29, 1.82) is 0 Å². The minimum Gasteiger partial charge on any atom is -0.491 e. The monoisotopic (exact) mass is 251 g/mol. The van der Waals surface area contributed by atoms with Gasteiger partial charge in [0.2, 0.25) is 0 Å². The molecule has 100 valence electrons. The first kappa shape index (κ1) is 14.5. The lowest BCUT2D eigenvalue weighted by atomic mass is 10.2. The molecule has 1 unspecified atom stereocenters. The number of amides is 1. The number of carbonyl (C=O) groups excluding carboxylic acids is 1. The number of hydrogen-bond acceptors (Lipinski definition) is 3. The second kappa shape index (κ2) is 7.71. The lowest BCUT2D eigenvalue weighted by Crippen LogP contribution is -2.31. The van der Waals surface area contributed by atoms with E-state index in [0.717, 1.165) is 12.2 Å². The van der Waals surface area contributed by atoms with Crippen LogP contribution in [0.1, 0.15) is 30.6 Å². The highest BCUT2D eigenvalue weighted by Gasteiger charge is 2.08. The number of carbonyl (C=O) groups is 1. The largest absolute Gasteiger partial charge is 0.491 e. The summed E-state index contributed by atoms with van der Waals surface area (Å²) >= 11 is 0. The maximum Gasteiger partial charge on any atom is 0.251 e. The van der Waals surface area contributed by atoms with Gasteiger partial charge < -0.3 is 14.8 Å². The van der Waals surface area contributed by atoms with E-state index in [1.165, 1.54) is 0 Å². The van der Waals surface area contributed by atoms with Crippen molar-refractivity contribution < 1.29 is 14.3 Å². The van der Waals surface area contributed by atoms with E-state index in [1.807, 2.05) is 13.8 Å². The first-order valence-corrected chi connectivity index (χ1v) is 6.20. The topological polar surface area (TPSA) is 47.6 Å². The third-order valence-corrected chi connectivity index (χ3v) is 2.66. The zero-order valence-corrected chi connectivity index (χ0v) is 11.2. The molecule has 4 nitrogen and oxygen atoms in total. The van der Waals surface area contributed by atoms with E-state index >= 15 is 0 Å². The van der Waals surface area contributed by atoms with Crippen LogP contribution >= 0.6 is 0 Å². The van der Waals surface area contributed by atoms with Crippen molar-refractivity contribution in [2.45, 2.75) is 26.3 Å². The molecule has 0 heterocycles. The van der Waals surface area contributed by atoms with Crippen LogP contribution in [-0.4, -0.2) is 32.3 Å². The molecule has 0 aliphatic rings. The maximum absolute atomic E-state index is 11.8. The van der Waals surface area contributed by atoms with Crippen LogP contribution in [0.25, 0.3) is 0 Å². The first-order valence-electron chi connectivity index (χ1n) is 6.20. The minimum atomic E-state index is -0.0483. The molecule has 0 spiro atoms. The Morgan fingerprint density at radius 3 is 2.50 bits per heavy atom. The molecule has 1 aromatic carbocycles. The van der Waals surface area contributed by atoms with Crippen LogP contribution in [0.4, 0.5) is 0 Å². The summed E-state index contributed by atoms with van der Waals surface area (Å²) in [7, 11) is 1.63. The van der Waals surface area contributed by atoms with Gasteiger partial charge in [-0.3, -0.25) is 4.79 Å². The van der Waals surface area contributed by atoms with E-state index in [0.29, 0.717) is 18.8 Å². The fraction of sp³-hybridized carbons (Fsp3) is 0.500. The molecule has 0 aromatic heterocycles. The summed E-state index contributed by atoms with van der Waals surface area (Å²) in [6.45, 7) is 5.09. The second-order valence-corrected chi connectivity index (χ2v) is 4.15. The molecule has 1 atom stereocenters. The molecular formula is C14H21NO3. The van der Waals surface area contributed by atoms with Gasteiger partial charge >= 0.3 is 0 Å². The molecule has 1 rings (SSSR count). The first-order chi connectivity index (χ1) is 8.67. The highest BCUT2D eigenvalue weighted by Crippen LogP contribution is 2.12. The van der Waals surface area contributed by atoms with E-state index in [4.69, 9.17) is 9.47 Å². The van der Waals surface area contributed by atoms with Crippen LogP contribution in [0.2, 0.25) is 0 Å². The van der Waals surface area contributed by atoms with Crippen LogP contribution in [0.3, 0.4) is 0 Å². The molecule has 1 aromatic rings. The van der Waals surface area contributed by atoms with E-state index in [-0.39, 0.29) is 11.9 Å². The molecule has 0 fully saturated rings. The molecule has 4 heteroatoms. The van der Waals surface area contributed by atoms with Crippen molar-refractivity contribution >= 4 is 5.91 Å². The average molecular weight is 251 g/mol. The summed E-state index contributed by atoms with van der Waals surface area (Å²) in [4.78, 5) is 11.8. The lowest BCUT2D eigenvalue weighted by molar-refractivity contribution is 0.0939. The Bertz CT molecular complexity index is 362. The van der Waals surface area contributed by atoms with E-state index in [1.54, 1.807) is 31.4 Å². The Hall–Kier alpha value is -1.55. The highest BCUT2D eigenvalue weighted by molar-refractivity contribution is 5.94. The predicted octanol–water partition coefficient (Wildman–Crippen LogP) is 2.24. The SMILES string of the molecule is CCC(C)NC(=O)c1ccc(OCCOC)cc1. The zero-order chi connectivity index (χ0) is 13.4. The lowest BCUT2D eigenvalue weighted by Gasteiger charge is -2.11. The van der Waals surface area contributed by atoms with Crippen molar-refractivity contribution in [3.05, 3.63) is 29.8 Å². The van der Waals surface area contributed by atoms with Crippen molar-refractivity contribution in [2.75, 3.05) is 20.3 Å². The van der Waals surface area contributed by atoms with Gasteiger partial charge in [-0.1, -0.05) is 6.92 Å². The number of ether oxygens (including phenoxy) is 2. The Labute approximate surface area is 108 Å². The summed E-state index contributed by atoms with van der Waals surface area (Å²) in [6, 6.07) is 7.30. The number of hydrogen-bond donors (Lipinski definition) is 1. The summed E-state index contributed by atoms with van der Waals surface area (Å²) in [5.74, 6) is 0.694. The van der Waals surface area contributed by atoms with Gasteiger partial charge in [0.05, 0.1) is 6.61 Å². The van der Waals surface area contributed by atoms with Gasteiger partial charge in [0, 0.05) is 18.7 Å². The molecule has 1 N–H and O–H groups in total. The number of benzene rings is 1. The van der Waals surface area contributed by atoms with Gasteiger partial charge in [0.25, 0.3) is 5.91 Å². The second-order valence-electron chi connectivity index (χ2n) is 4.15. The molecular weight excluding hydrogens is 230 g/mol. The van der Waals surface area contributed by atoms with Crippen LogP contribution in [0.5, 0.6) is 5.75 Å². The molecule has 18 heavy (non-hydrogen) atoms. The van der Waals surface area contributed by atoms with Crippen LogP contribution < -0.4 is 10.1 Å². The van der Waals surface area contributed by atoms with Gasteiger partial charge in [-0.15, -0.1) is 0 Å². The highest BCUT2D eigenvalue weighted by atomic mass is 16.5. The molecule has 0 aliphatic carbocycles. The normalized spacial score (nSPS) is 11.9. The van der Waals surface area contributed by atoms with Crippen LogP contribution in [0, 0.1) is 0 Å². The minimum absolute atomic E-state index is 0.0483. The van der Waals surface area contributed by atoms with Gasteiger partial charge in [0.15, 0.2) is 0 Å². The molecule has 0 saturated carbocycles. The standard InChI is InChI=1S/C14H21NO3/c1-4-11(2)15-14(16)12-5-7-13(8-6-12)18-10-9-17-3/h5-8,11H,4,9-10H2,1-3H3,(H,15,16). The Morgan fingerprint density at radius 1 is 1.28 bits per heavy atom. The van der Waals surface area contributed by atoms with E-state index in [9.17, 15) is 4.79 Å². The van der Waals surface area contributed by atoms with Crippen LogP contribution in [0.15, 0.2) is 24.3 Å². The number of rotatable bonds is 7.